The third kappa shape index (κ3) is 6.23. The first-order chi connectivity index (χ1) is 12.0. The van der Waals surface area contributed by atoms with Gasteiger partial charge in [-0.25, -0.2) is 0 Å². The van der Waals surface area contributed by atoms with Crippen LogP contribution in [0.5, 0.6) is 0 Å². The quantitative estimate of drug-likeness (QED) is 0.643. The number of hydrogen-bond acceptors (Lipinski definition) is 4. The van der Waals surface area contributed by atoms with Crippen molar-refractivity contribution in [2.45, 2.75) is 45.7 Å². The molecular formula is C19H26Cl2N4. The third-order valence-electron chi connectivity index (χ3n) is 4.11. The van der Waals surface area contributed by atoms with Crippen molar-refractivity contribution in [3.05, 3.63) is 57.6 Å². The van der Waals surface area contributed by atoms with Gasteiger partial charge >= 0.3 is 0 Å². The number of nitrogens with two attached hydrogens (primary N) is 1. The number of pyridine rings is 2. The standard InChI is InChI=1S/C19H26Cl2N4/c1-14(2)16-6-5-8-23-18(16)12-25(9-4-3-7-22)13-19-17(21)10-15(20)11-24-19/h5-6,8,10-11,14H,3-4,7,9,12-13,22H2,1-2H3. The minimum absolute atomic E-state index is 0.437. The molecule has 2 aromatic rings. The molecule has 136 valence electrons. The van der Waals surface area contributed by atoms with Crippen molar-refractivity contribution in [1.29, 1.82) is 0 Å². The van der Waals surface area contributed by atoms with Crippen LogP contribution in [0.4, 0.5) is 0 Å². The van der Waals surface area contributed by atoms with E-state index in [1.54, 1.807) is 12.3 Å². The maximum Gasteiger partial charge on any atom is 0.0731 e. The summed E-state index contributed by atoms with van der Waals surface area (Å²) in [4.78, 5) is 11.3. The molecule has 0 bridgehead atoms. The highest BCUT2D eigenvalue weighted by Crippen LogP contribution is 2.23. The second-order valence-electron chi connectivity index (χ2n) is 6.48. The summed E-state index contributed by atoms with van der Waals surface area (Å²) in [5.74, 6) is 0.437. The van der Waals surface area contributed by atoms with Crippen LogP contribution >= 0.6 is 23.2 Å². The molecule has 0 radical (unpaired) electrons. The smallest absolute Gasteiger partial charge is 0.0731 e. The van der Waals surface area contributed by atoms with E-state index in [0.717, 1.165) is 37.3 Å². The van der Waals surface area contributed by atoms with E-state index in [4.69, 9.17) is 28.9 Å². The van der Waals surface area contributed by atoms with Gasteiger partial charge in [0.1, 0.15) is 0 Å². The maximum absolute atomic E-state index is 6.31. The summed E-state index contributed by atoms with van der Waals surface area (Å²) in [6.07, 6.45) is 5.52. The fraction of sp³-hybridized carbons (Fsp3) is 0.474. The number of nitrogens with zero attached hydrogens (tertiary/aromatic N) is 3. The number of aromatic nitrogens is 2. The molecule has 25 heavy (non-hydrogen) atoms. The molecule has 2 aromatic heterocycles. The Balaban J connectivity index is 2.18. The summed E-state index contributed by atoms with van der Waals surface area (Å²) in [6, 6.07) is 5.89. The fourth-order valence-electron chi connectivity index (χ4n) is 2.78. The molecule has 0 unspecified atom stereocenters. The SMILES string of the molecule is CC(C)c1cccnc1CN(CCCCN)Cc1ncc(Cl)cc1Cl. The zero-order chi connectivity index (χ0) is 18.2. The number of rotatable bonds is 9. The molecule has 2 rings (SSSR count). The lowest BCUT2D eigenvalue weighted by molar-refractivity contribution is 0.245. The lowest BCUT2D eigenvalue weighted by atomic mass is 10.0. The Hall–Kier alpha value is -1.20. The van der Waals surface area contributed by atoms with E-state index in [0.29, 0.717) is 29.1 Å². The van der Waals surface area contributed by atoms with Crippen LogP contribution in [0.3, 0.4) is 0 Å². The summed E-state index contributed by atoms with van der Waals surface area (Å²) >= 11 is 12.3. The van der Waals surface area contributed by atoms with E-state index in [-0.39, 0.29) is 0 Å². The van der Waals surface area contributed by atoms with E-state index < -0.39 is 0 Å². The van der Waals surface area contributed by atoms with Crippen LogP contribution in [0.15, 0.2) is 30.6 Å². The number of halogens is 2. The van der Waals surface area contributed by atoms with Crippen molar-refractivity contribution < 1.29 is 0 Å². The monoisotopic (exact) mass is 380 g/mol. The van der Waals surface area contributed by atoms with Crippen LogP contribution in [0, 0.1) is 0 Å². The molecule has 0 spiro atoms. The normalized spacial score (nSPS) is 11.5. The van der Waals surface area contributed by atoms with Crippen molar-refractivity contribution in [3.63, 3.8) is 0 Å². The first kappa shape index (κ1) is 20.1. The summed E-state index contributed by atoms with van der Waals surface area (Å²) in [6.45, 7) is 7.43. The summed E-state index contributed by atoms with van der Waals surface area (Å²) in [7, 11) is 0. The molecule has 2 heterocycles. The molecule has 6 heteroatoms. The van der Waals surface area contributed by atoms with E-state index in [9.17, 15) is 0 Å². The number of unbranched alkanes of at least 4 members (excludes halogenated alkanes) is 1. The Kier molecular flexibility index (Phi) is 8.10. The van der Waals surface area contributed by atoms with Crippen LogP contribution in [-0.2, 0) is 13.1 Å². The molecule has 0 aliphatic carbocycles. The lowest BCUT2D eigenvalue weighted by Crippen LogP contribution is -2.26. The maximum atomic E-state index is 6.31. The summed E-state index contributed by atoms with van der Waals surface area (Å²) in [5, 5.41) is 1.15. The summed E-state index contributed by atoms with van der Waals surface area (Å²) < 4.78 is 0. The van der Waals surface area contributed by atoms with Crippen molar-refractivity contribution in [2.75, 3.05) is 13.1 Å². The molecule has 2 N–H and O–H groups in total. The molecule has 4 nitrogen and oxygen atoms in total. The van der Waals surface area contributed by atoms with Crippen molar-refractivity contribution in [1.82, 2.24) is 14.9 Å². The Labute approximate surface area is 160 Å². The first-order valence-electron chi connectivity index (χ1n) is 8.67. The second-order valence-corrected chi connectivity index (χ2v) is 7.33. The summed E-state index contributed by atoms with van der Waals surface area (Å²) in [5.41, 5.74) is 8.87. The molecule has 0 saturated heterocycles. The predicted molar refractivity (Wildman–Crippen MR) is 105 cm³/mol. The highest BCUT2D eigenvalue weighted by atomic mass is 35.5. The van der Waals surface area contributed by atoms with E-state index in [1.165, 1.54) is 5.56 Å². The van der Waals surface area contributed by atoms with Gasteiger partial charge in [0.05, 0.1) is 21.4 Å². The molecule has 0 saturated carbocycles. The third-order valence-corrected chi connectivity index (χ3v) is 4.64. The largest absolute Gasteiger partial charge is 0.330 e. The van der Waals surface area contributed by atoms with Gasteiger partial charge in [-0.2, -0.15) is 0 Å². The van der Waals surface area contributed by atoms with Gasteiger partial charge in [0, 0.05) is 25.5 Å². The lowest BCUT2D eigenvalue weighted by Gasteiger charge is -2.24. The van der Waals surface area contributed by atoms with Gasteiger partial charge in [-0.05, 0) is 49.5 Å². The Morgan fingerprint density at radius 1 is 1.12 bits per heavy atom. The minimum atomic E-state index is 0.437. The van der Waals surface area contributed by atoms with Crippen LogP contribution in [0.25, 0.3) is 0 Å². The first-order valence-corrected chi connectivity index (χ1v) is 9.43. The topological polar surface area (TPSA) is 55.0 Å². The molecule has 0 fully saturated rings. The second kappa shape index (κ2) is 10.1. The van der Waals surface area contributed by atoms with Gasteiger partial charge in [-0.3, -0.25) is 14.9 Å². The van der Waals surface area contributed by atoms with Gasteiger partial charge in [0.15, 0.2) is 0 Å². The van der Waals surface area contributed by atoms with Gasteiger partial charge in [-0.15, -0.1) is 0 Å². The Morgan fingerprint density at radius 2 is 1.88 bits per heavy atom. The number of hydrogen-bond donors (Lipinski definition) is 1. The minimum Gasteiger partial charge on any atom is -0.330 e. The molecule has 0 atom stereocenters. The van der Waals surface area contributed by atoms with Gasteiger partial charge in [0.2, 0.25) is 0 Å². The van der Waals surface area contributed by atoms with Crippen LogP contribution in [0.1, 0.15) is 49.6 Å². The van der Waals surface area contributed by atoms with Gasteiger partial charge < -0.3 is 5.73 Å². The Morgan fingerprint density at radius 3 is 2.56 bits per heavy atom. The average Bonchev–Trinajstić information content (AvgIpc) is 2.57. The van der Waals surface area contributed by atoms with E-state index in [1.807, 2.05) is 12.3 Å². The predicted octanol–water partition coefficient (Wildman–Crippen LogP) is 4.65. The zero-order valence-electron chi connectivity index (χ0n) is 14.9. The molecular weight excluding hydrogens is 355 g/mol. The molecule has 0 amide bonds. The van der Waals surface area contributed by atoms with Crippen LogP contribution in [-0.4, -0.2) is 28.0 Å². The van der Waals surface area contributed by atoms with Crippen LogP contribution in [0.2, 0.25) is 10.0 Å². The Bertz CT molecular complexity index is 676. The van der Waals surface area contributed by atoms with Crippen LogP contribution < -0.4 is 5.73 Å². The van der Waals surface area contributed by atoms with E-state index >= 15 is 0 Å². The molecule has 0 aliphatic rings. The average molecular weight is 381 g/mol. The van der Waals surface area contributed by atoms with Crippen molar-refractivity contribution in [3.8, 4) is 0 Å². The highest BCUT2D eigenvalue weighted by molar-refractivity contribution is 6.34. The molecule has 0 aliphatic heterocycles. The molecule has 0 aromatic carbocycles. The zero-order valence-corrected chi connectivity index (χ0v) is 16.4. The van der Waals surface area contributed by atoms with Crippen molar-refractivity contribution in [2.24, 2.45) is 5.73 Å². The van der Waals surface area contributed by atoms with E-state index in [2.05, 4.69) is 34.8 Å². The fourth-order valence-corrected chi connectivity index (χ4v) is 3.22. The van der Waals surface area contributed by atoms with Gasteiger partial charge in [0.25, 0.3) is 0 Å². The van der Waals surface area contributed by atoms with Crippen molar-refractivity contribution >= 4 is 23.2 Å². The van der Waals surface area contributed by atoms with Gasteiger partial charge in [-0.1, -0.05) is 43.1 Å². The highest BCUT2D eigenvalue weighted by Gasteiger charge is 2.15.